The van der Waals surface area contributed by atoms with Crippen molar-refractivity contribution in [3.8, 4) is 39.9 Å². The van der Waals surface area contributed by atoms with Crippen LogP contribution in [0.5, 0.6) is 5.88 Å². The van der Waals surface area contributed by atoms with Gasteiger partial charge in [0.15, 0.2) is 5.82 Å². The standard InChI is InChI=1S/C33H32N8O/c1-22-7-6-10-27(35-22)31-37-30(38-39-31)26-15-18-40(19-16-26)21-23-11-13-24(14-12-23)28-29(25-8-4-3-5-9-25)41-20-17-34-33(42-2)32(41)36-28/h3-14,17,20,26H,15-16,18-19,21H2,1-2H3,(H,37,38,39). The highest BCUT2D eigenvalue weighted by molar-refractivity contribution is 5.83. The Labute approximate surface area is 244 Å². The van der Waals surface area contributed by atoms with Gasteiger partial charge >= 0.3 is 0 Å². The van der Waals surface area contributed by atoms with Gasteiger partial charge in [0.2, 0.25) is 5.65 Å². The average Bonchev–Trinajstić information content (AvgIpc) is 3.68. The Bertz CT molecular complexity index is 1820. The summed E-state index contributed by atoms with van der Waals surface area (Å²) in [6, 6.07) is 25.0. The van der Waals surface area contributed by atoms with Crippen LogP contribution in [-0.2, 0) is 6.54 Å². The number of pyridine rings is 1. The Kier molecular flexibility index (Phi) is 6.93. The molecule has 6 aromatic rings. The molecule has 4 aromatic heterocycles. The molecule has 9 nitrogen and oxygen atoms in total. The first-order valence-electron chi connectivity index (χ1n) is 14.3. The van der Waals surface area contributed by atoms with Gasteiger partial charge in [-0.1, -0.05) is 60.7 Å². The molecule has 0 amide bonds. The molecule has 9 heteroatoms. The molecular weight excluding hydrogens is 524 g/mol. The molecule has 1 fully saturated rings. The summed E-state index contributed by atoms with van der Waals surface area (Å²) >= 11 is 0. The molecule has 0 radical (unpaired) electrons. The lowest BCUT2D eigenvalue weighted by molar-refractivity contribution is 0.202. The van der Waals surface area contributed by atoms with E-state index in [-0.39, 0.29) is 0 Å². The quantitative estimate of drug-likeness (QED) is 0.260. The van der Waals surface area contributed by atoms with Crippen LogP contribution in [0.2, 0.25) is 0 Å². The lowest BCUT2D eigenvalue weighted by Gasteiger charge is -2.30. The molecule has 1 N–H and O–H groups in total. The molecule has 5 heterocycles. The van der Waals surface area contributed by atoms with Crippen molar-refractivity contribution in [2.75, 3.05) is 20.2 Å². The van der Waals surface area contributed by atoms with Gasteiger partial charge in [-0.25, -0.2) is 19.9 Å². The Morgan fingerprint density at radius 3 is 2.45 bits per heavy atom. The van der Waals surface area contributed by atoms with Crippen molar-refractivity contribution in [3.63, 3.8) is 0 Å². The molecule has 0 unspecified atom stereocenters. The highest BCUT2D eigenvalue weighted by Crippen LogP contribution is 2.35. The summed E-state index contributed by atoms with van der Waals surface area (Å²) in [5, 5.41) is 7.62. The lowest BCUT2D eigenvalue weighted by Crippen LogP contribution is -2.32. The van der Waals surface area contributed by atoms with E-state index in [0.29, 0.717) is 23.3 Å². The van der Waals surface area contributed by atoms with Crippen LogP contribution in [0.3, 0.4) is 0 Å². The topological polar surface area (TPSA) is 97.1 Å². The van der Waals surface area contributed by atoms with Crippen LogP contribution >= 0.6 is 0 Å². The summed E-state index contributed by atoms with van der Waals surface area (Å²) in [4.78, 5) is 21.2. The fourth-order valence-corrected chi connectivity index (χ4v) is 5.80. The molecule has 0 bridgehead atoms. The van der Waals surface area contributed by atoms with Crippen molar-refractivity contribution in [1.29, 1.82) is 0 Å². The van der Waals surface area contributed by atoms with E-state index in [1.165, 1.54) is 5.56 Å². The average molecular weight is 557 g/mol. The molecule has 0 aliphatic carbocycles. The van der Waals surface area contributed by atoms with E-state index in [1.807, 2.05) is 49.5 Å². The smallest absolute Gasteiger partial charge is 0.258 e. The van der Waals surface area contributed by atoms with Crippen molar-refractivity contribution in [2.24, 2.45) is 0 Å². The molecule has 0 spiro atoms. The van der Waals surface area contributed by atoms with E-state index < -0.39 is 0 Å². The van der Waals surface area contributed by atoms with Crippen LogP contribution in [0.1, 0.15) is 35.8 Å². The van der Waals surface area contributed by atoms with E-state index in [9.17, 15) is 0 Å². The highest BCUT2D eigenvalue weighted by atomic mass is 16.5. The number of methoxy groups -OCH3 is 1. The number of aromatic amines is 1. The van der Waals surface area contributed by atoms with Crippen LogP contribution < -0.4 is 4.74 Å². The van der Waals surface area contributed by atoms with Gasteiger partial charge in [-0.05, 0) is 50.6 Å². The van der Waals surface area contributed by atoms with E-state index in [2.05, 4.69) is 65.9 Å². The maximum Gasteiger partial charge on any atom is 0.258 e. The molecule has 1 saturated heterocycles. The summed E-state index contributed by atoms with van der Waals surface area (Å²) in [5.41, 5.74) is 7.85. The first kappa shape index (κ1) is 26.0. The van der Waals surface area contributed by atoms with Gasteiger partial charge in [-0.3, -0.25) is 14.4 Å². The van der Waals surface area contributed by atoms with Crippen LogP contribution in [0.15, 0.2) is 85.2 Å². The minimum Gasteiger partial charge on any atom is -0.478 e. The fraction of sp³-hybridized carbons (Fsp3) is 0.242. The number of piperidine rings is 1. The van der Waals surface area contributed by atoms with E-state index in [1.54, 1.807) is 13.3 Å². The number of nitrogens with one attached hydrogen (secondary N) is 1. The number of nitrogens with zero attached hydrogens (tertiary/aromatic N) is 7. The van der Waals surface area contributed by atoms with Gasteiger partial charge in [0.1, 0.15) is 11.5 Å². The van der Waals surface area contributed by atoms with Crippen LogP contribution in [-0.4, -0.2) is 59.6 Å². The SMILES string of the molecule is COc1nccn2c(-c3ccccc3)c(-c3ccc(CN4CCC(c5nc(-c6cccc(C)n6)n[nH]5)CC4)cc3)nc12. The molecular formula is C33H32N8O. The number of fused-ring (bicyclic) bond motifs is 1. The first-order chi connectivity index (χ1) is 20.7. The predicted octanol–water partition coefficient (Wildman–Crippen LogP) is 5.94. The molecule has 210 valence electrons. The van der Waals surface area contributed by atoms with Crippen LogP contribution in [0, 0.1) is 6.92 Å². The number of ether oxygens (including phenoxy) is 1. The van der Waals surface area contributed by atoms with Crippen molar-refractivity contribution in [1.82, 2.24) is 39.4 Å². The van der Waals surface area contributed by atoms with Gasteiger partial charge in [0, 0.05) is 41.7 Å². The van der Waals surface area contributed by atoms with E-state index in [0.717, 1.165) is 72.2 Å². The van der Waals surface area contributed by atoms with Crippen molar-refractivity contribution in [3.05, 3.63) is 102 Å². The second kappa shape index (κ2) is 11.2. The Morgan fingerprint density at radius 1 is 0.881 bits per heavy atom. The van der Waals surface area contributed by atoms with Crippen molar-refractivity contribution >= 4 is 5.65 Å². The Balaban J connectivity index is 1.05. The molecule has 0 atom stereocenters. The fourth-order valence-electron chi connectivity index (χ4n) is 5.80. The normalized spacial score (nSPS) is 14.4. The van der Waals surface area contributed by atoms with Crippen LogP contribution in [0.4, 0.5) is 0 Å². The third kappa shape index (κ3) is 5.03. The lowest BCUT2D eigenvalue weighted by atomic mass is 9.95. The molecule has 1 aliphatic heterocycles. The second-order valence-electron chi connectivity index (χ2n) is 10.8. The first-order valence-corrected chi connectivity index (χ1v) is 14.3. The zero-order chi connectivity index (χ0) is 28.5. The van der Waals surface area contributed by atoms with Crippen LogP contribution in [0.25, 0.3) is 39.7 Å². The Hall–Kier alpha value is -4.89. The maximum absolute atomic E-state index is 5.52. The monoisotopic (exact) mass is 556 g/mol. The van der Waals surface area contributed by atoms with Gasteiger partial charge < -0.3 is 4.74 Å². The highest BCUT2D eigenvalue weighted by Gasteiger charge is 2.24. The minimum absolute atomic E-state index is 0.382. The van der Waals surface area contributed by atoms with Gasteiger partial charge in [-0.2, -0.15) is 5.10 Å². The summed E-state index contributed by atoms with van der Waals surface area (Å²) in [6.45, 7) is 4.93. The third-order valence-electron chi connectivity index (χ3n) is 7.98. The number of hydrogen-bond donors (Lipinski definition) is 1. The molecule has 0 saturated carbocycles. The zero-order valence-corrected chi connectivity index (χ0v) is 23.7. The molecule has 7 rings (SSSR count). The number of rotatable bonds is 7. The second-order valence-corrected chi connectivity index (χ2v) is 10.8. The molecule has 2 aromatic carbocycles. The molecule has 42 heavy (non-hydrogen) atoms. The van der Waals surface area contributed by atoms with Gasteiger partial charge in [-0.15, -0.1) is 0 Å². The number of imidazole rings is 1. The molecule has 1 aliphatic rings. The number of benzene rings is 2. The predicted molar refractivity (Wildman–Crippen MR) is 162 cm³/mol. The summed E-state index contributed by atoms with van der Waals surface area (Å²) in [7, 11) is 1.63. The largest absolute Gasteiger partial charge is 0.478 e. The zero-order valence-electron chi connectivity index (χ0n) is 23.7. The van der Waals surface area contributed by atoms with Gasteiger partial charge in [0.05, 0.1) is 18.5 Å². The number of likely N-dealkylation sites (tertiary alicyclic amines) is 1. The number of aromatic nitrogens is 7. The summed E-state index contributed by atoms with van der Waals surface area (Å²) < 4.78 is 7.58. The van der Waals surface area contributed by atoms with Crippen molar-refractivity contribution < 1.29 is 4.74 Å². The number of aryl methyl sites for hydroxylation is 1. The van der Waals surface area contributed by atoms with E-state index in [4.69, 9.17) is 14.7 Å². The number of H-pyrrole nitrogens is 1. The third-order valence-corrected chi connectivity index (χ3v) is 7.98. The minimum atomic E-state index is 0.382. The summed E-state index contributed by atoms with van der Waals surface area (Å²) in [5.74, 6) is 2.53. The van der Waals surface area contributed by atoms with E-state index >= 15 is 0 Å². The van der Waals surface area contributed by atoms with Gasteiger partial charge in [0.25, 0.3) is 5.88 Å². The maximum atomic E-state index is 5.52. The Morgan fingerprint density at radius 2 is 1.69 bits per heavy atom. The summed E-state index contributed by atoms with van der Waals surface area (Å²) in [6.07, 6.45) is 5.78. The number of hydrogen-bond acceptors (Lipinski definition) is 7. The van der Waals surface area contributed by atoms with Crippen molar-refractivity contribution in [2.45, 2.75) is 32.2 Å².